The number of allylic oxidation sites excluding steroid dienone is 2. The van der Waals surface area contributed by atoms with Crippen LogP contribution in [0.4, 0.5) is 0 Å². The second-order valence-electron chi connectivity index (χ2n) is 7.69. The van der Waals surface area contributed by atoms with Gasteiger partial charge in [-0.2, -0.15) is 0 Å². The van der Waals surface area contributed by atoms with Gasteiger partial charge < -0.3 is 4.74 Å². The predicted molar refractivity (Wildman–Crippen MR) is 115 cm³/mol. The summed E-state index contributed by atoms with van der Waals surface area (Å²) in [5, 5.41) is 9.50. The monoisotopic (exact) mass is 437 g/mol. The number of ether oxygens (including phenoxy) is 1. The van der Waals surface area contributed by atoms with Gasteiger partial charge >= 0.3 is 0 Å². The molecule has 2 atom stereocenters. The van der Waals surface area contributed by atoms with E-state index >= 15 is 0 Å². The number of methoxy groups -OCH3 is 1. The number of carbonyl (C=O) groups is 2. The average molecular weight is 438 g/mol. The number of β-lactam (4-membered cyclic amide) rings is 1. The fourth-order valence-corrected chi connectivity index (χ4v) is 6.04. The lowest BCUT2D eigenvalue weighted by Crippen LogP contribution is -2.64. The van der Waals surface area contributed by atoms with E-state index < -0.39 is 15.7 Å². The number of carbonyl (C=O) groups excluding carboxylic acids is 2. The van der Waals surface area contributed by atoms with Crippen molar-refractivity contribution in [1.29, 1.82) is 0 Å². The van der Waals surface area contributed by atoms with Gasteiger partial charge in [-0.3, -0.25) is 14.5 Å². The first kappa shape index (κ1) is 21.3. The van der Waals surface area contributed by atoms with Crippen LogP contribution in [-0.4, -0.2) is 44.1 Å². The lowest BCUT2D eigenvalue weighted by molar-refractivity contribution is -0.132. The maximum absolute atomic E-state index is 13.5. The number of aryl methyl sites for hydroxylation is 1. The number of fused-ring (bicyclic) bond motifs is 1. The Kier molecular flexibility index (Phi) is 5.66. The summed E-state index contributed by atoms with van der Waals surface area (Å²) in [5.41, 5.74) is 0.435. The first-order valence-electron chi connectivity index (χ1n) is 8.88. The molecule has 1 aromatic rings. The molecular formula is C19H23N3O3S3. The molecule has 0 aliphatic carbocycles. The summed E-state index contributed by atoms with van der Waals surface area (Å²) in [6.45, 7) is 11.2. The summed E-state index contributed by atoms with van der Waals surface area (Å²) in [7, 11) is 1.59. The summed E-state index contributed by atoms with van der Waals surface area (Å²) in [5.74, 6) is -0.398. The van der Waals surface area contributed by atoms with Crippen molar-refractivity contribution < 1.29 is 14.3 Å². The number of rotatable bonds is 6. The number of thioether (sulfide) groups is 1. The molecule has 1 amide bonds. The lowest BCUT2D eigenvalue weighted by atomic mass is 9.83. The van der Waals surface area contributed by atoms with Crippen LogP contribution in [0.2, 0.25) is 0 Å². The SMILES string of the molecule is C=CCCC1=C(C(=O)C(C)(C)C)N2C(=O)C(=S)[C@@H]2SC1(OC)c1nnc(C)s1. The molecule has 0 radical (unpaired) electrons. The van der Waals surface area contributed by atoms with Crippen molar-refractivity contribution in [2.75, 3.05) is 7.11 Å². The van der Waals surface area contributed by atoms with Gasteiger partial charge in [-0.05, 0) is 19.8 Å². The molecule has 1 aromatic heterocycles. The number of amides is 1. The maximum Gasteiger partial charge on any atom is 0.269 e. The molecule has 150 valence electrons. The third-order valence-electron chi connectivity index (χ3n) is 4.68. The highest BCUT2D eigenvalue weighted by atomic mass is 32.2. The summed E-state index contributed by atoms with van der Waals surface area (Å²) in [6.07, 6.45) is 2.94. The molecule has 0 saturated carbocycles. The molecule has 0 bridgehead atoms. The molecule has 2 aliphatic rings. The van der Waals surface area contributed by atoms with Crippen molar-refractivity contribution in [3.8, 4) is 0 Å². The van der Waals surface area contributed by atoms with Crippen LogP contribution in [0, 0.1) is 12.3 Å². The summed E-state index contributed by atoms with van der Waals surface area (Å²) < 4.78 is 6.05. The minimum atomic E-state index is -1.02. The molecular weight excluding hydrogens is 414 g/mol. The van der Waals surface area contributed by atoms with E-state index in [1.165, 1.54) is 28.0 Å². The molecule has 28 heavy (non-hydrogen) atoms. The predicted octanol–water partition coefficient (Wildman–Crippen LogP) is 3.77. The number of nitrogens with zero attached hydrogens (tertiary/aromatic N) is 3. The number of Topliss-reactive ketones (excluding diaryl/α,β-unsaturated/α-hetero) is 1. The Balaban J connectivity index is 2.31. The highest BCUT2D eigenvalue weighted by molar-refractivity contribution is 8.03. The molecule has 0 aromatic carbocycles. The Morgan fingerprint density at radius 2 is 2.11 bits per heavy atom. The average Bonchev–Trinajstić information content (AvgIpc) is 3.09. The molecule has 0 N–H and O–H groups in total. The van der Waals surface area contributed by atoms with E-state index in [9.17, 15) is 9.59 Å². The van der Waals surface area contributed by atoms with Gasteiger partial charge in [0.15, 0.2) is 15.7 Å². The quantitative estimate of drug-likeness (QED) is 0.381. The first-order chi connectivity index (χ1) is 13.1. The van der Waals surface area contributed by atoms with Crippen molar-refractivity contribution >= 4 is 51.9 Å². The molecule has 6 nitrogen and oxygen atoms in total. The van der Waals surface area contributed by atoms with Gasteiger partial charge in [-0.15, -0.1) is 16.8 Å². The number of thiocarbonyl (C=S) groups is 1. The van der Waals surface area contributed by atoms with Crippen molar-refractivity contribution in [3.63, 3.8) is 0 Å². The van der Waals surface area contributed by atoms with Crippen molar-refractivity contribution in [2.45, 2.75) is 50.8 Å². The fourth-order valence-electron chi connectivity index (χ4n) is 3.24. The van der Waals surface area contributed by atoms with Crippen LogP contribution in [-0.2, 0) is 19.3 Å². The summed E-state index contributed by atoms with van der Waals surface area (Å²) in [6, 6.07) is 0. The van der Waals surface area contributed by atoms with Crippen LogP contribution in [0.5, 0.6) is 0 Å². The topological polar surface area (TPSA) is 72.4 Å². The second-order valence-corrected chi connectivity index (χ2v) is 10.6. The van der Waals surface area contributed by atoms with Gasteiger partial charge in [0.2, 0.25) is 0 Å². The van der Waals surface area contributed by atoms with E-state index in [4.69, 9.17) is 17.0 Å². The summed E-state index contributed by atoms with van der Waals surface area (Å²) >= 11 is 8.14. The van der Waals surface area contributed by atoms with Crippen molar-refractivity contribution in [2.24, 2.45) is 5.41 Å². The Morgan fingerprint density at radius 3 is 2.61 bits per heavy atom. The van der Waals surface area contributed by atoms with E-state index in [1.54, 1.807) is 13.2 Å². The van der Waals surface area contributed by atoms with E-state index in [0.717, 1.165) is 10.6 Å². The Labute approximate surface area is 178 Å². The van der Waals surface area contributed by atoms with Gasteiger partial charge in [-0.25, -0.2) is 0 Å². The molecule has 2 aliphatic heterocycles. The number of aromatic nitrogens is 2. The van der Waals surface area contributed by atoms with Gasteiger partial charge in [0.25, 0.3) is 5.91 Å². The zero-order chi connectivity index (χ0) is 20.9. The lowest BCUT2D eigenvalue weighted by Gasteiger charge is -2.51. The van der Waals surface area contributed by atoms with Crippen LogP contribution < -0.4 is 0 Å². The molecule has 1 unspecified atom stereocenters. The van der Waals surface area contributed by atoms with Gasteiger partial charge in [0, 0.05) is 18.1 Å². The Hall–Kier alpha value is -1.42. The highest BCUT2D eigenvalue weighted by Crippen LogP contribution is 2.57. The molecule has 1 saturated heterocycles. The molecule has 9 heteroatoms. The van der Waals surface area contributed by atoms with E-state index in [-0.39, 0.29) is 11.7 Å². The van der Waals surface area contributed by atoms with Crippen LogP contribution >= 0.6 is 35.3 Å². The van der Waals surface area contributed by atoms with Crippen LogP contribution in [0.15, 0.2) is 23.9 Å². The summed E-state index contributed by atoms with van der Waals surface area (Å²) in [4.78, 5) is 26.9. The normalized spacial score (nSPS) is 24.9. The van der Waals surface area contributed by atoms with Crippen LogP contribution in [0.3, 0.4) is 0 Å². The van der Waals surface area contributed by atoms with E-state index in [0.29, 0.717) is 28.4 Å². The zero-order valence-corrected chi connectivity index (χ0v) is 19.0. The maximum atomic E-state index is 13.5. The third kappa shape index (κ3) is 3.18. The highest BCUT2D eigenvalue weighted by Gasteiger charge is 2.60. The van der Waals surface area contributed by atoms with Crippen LogP contribution in [0.25, 0.3) is 0 Å². The standard InChI is InChI=1S/C19H23N3O3S3/c1-7-8-9-11-12(14(23)18(3,4)5)22-15(24)13(26)16(22)28-19(11,25-6)17-21-20-10(2)27-17/h7,16H,1,8-9H2,2-6H3/t16-,19?/m0/s1. The van der Waals surface area contributed by atoms with Gasteiger partial charge in [0.05, 0.1) is 5.70 Å². The largest absolute Gasteiger partial charge is 0.357 e. The molecule has 3 rings (SSSR count). The van der Waals surface area contributed by atoms with Gasteiger partial charge in [0.1, 0.15) is 15.2 Å². The molecule has 1 fully saturated rings. The number of hydrogen-bond acceptors (Lipinski definition) is 8. The first-order valence-corrected chi connectivity index (χ1v) is 11.0. The molecule has 0 spiro atoms. The van der Waals surface area contributed by atoms with Crippen LogP contribution in [0.1, 0.15) is 43.6 Å². The Bertz CT molecular complexity index is 900. The number of ketones is 1. The Morgan fingerprint density at radius 1 is 1.43 bits per heavy atom. The van der Waals surface area contributed by atoms with Crippen molar-refractivity contribution in [3.05, 3.63) is 33.9 Å². The smallest absolute Gasteiger partial charge is 0.269 e. The zero-order valence-electron chi connectivity index (χ0n) is 16.6. The fraction of sp³-hybridized carbons (Fsp3) is 0.526. The molecule has 3 heterocycles. The minimum Gasteiger partial charge on any atom is -0.357 e. The minimum absolute atomic E-state index is 0.115. The van der Waals surface area contributed by atoms with Crippen molar-refractivity contribution in [1.82, 2.24) is 15.1 Å². The van der Waals surface area contributed by atoms with E-state index in [1.807, 2.05) is 27.7 Å². The number of hydrogen-bond donors (Lipinski definition) is 0. The van der Waals surface area contributed by atoms with Gasteiger partial charge in [-0.1, -0.05) is 62.2 Å². The van der Waals surface area contributed by atoms with E-state index in [2.05, 4.69) is 16.8 Å². The third-order valence-corrected chi connectivity index (χ3v) is 7.90. The second kappa shape index (κ2) is 7.44.